The molecule has 0 N–H and O–H groups in total. The molecule has 1 aliphatic rings. The topological polar surface area (TPSA) is 17.1 Å². The molecule has 0 aliphatic heterocycles. The first-order chi connectivity index (χ1) is 5.13. The van der Waals surface area contributed by atoms with E-state index in [0.29, 0.717) is 6.42 Å². The summed E-state index contributed by atoms with van der Waals surface area (Å²) in [5, 5.41) is -0.851. The fourth-order valence-corrected chi connectivity index (χ4v) is 1.13. The zero-order valence-electron chi connectivity index (χ0n) is 5.60. The molecule has 0 aromatic rings. The van der Waals surface area contributed by atoms with Crippen LogP contribution in [0.15, 0.2) is 23.3 Å². The monoisotopic (exact) mass is 176 g/mol. The van der Waals surface area contributed by atoms with E-state index >= 15 is 0 Å². The summed E-state index contributed by atoms with van der Waals surface area (Å²) in [7, 11) is 0. The second-order valence-corrected chi connectivity index (χ2v) is 2.58. The van der Waals surface area contributed by atoms with Gasteiger partial charge in [0, 0.05) is 6.42 Å². The largest absolute Gasteiger partial charge is 0.282 e. The van der Waals surface area contributed by atoms with Crippen molar-refractivity contribution in [2.24, 2.45) is 0 Å². The number of allylic oxidation sites excluding steroid dienone is 3. The smallest absolute Gasteiger partial charge is 0.221 e. The van der Waals surface area contributed by atoms with E-state index in [9.17, 15) is 13.6 Å². The van der Waals surface area contributed by atoms with Crippen molar-refractivity contribution in [1.82, 2.24) is 0 Å². The molecular formula is C7H6F2OS. The molecule has 1 aliphatic carbocycles. The van der Waals surface area contributed by atoms with E-state index in [4.69, 9.17) is 0 Å². The summed E-state index contributed by atoms with van der Waals surface area (Å²) in [4.78, 5) is 10.5. The van der Waals surface area contributed by atoms with Crippen molar-refractivity contribution in [3.05, 3.63) is 23.3 Å². The third-order valence-electron chi connectivity index (χ3n) is 1.41. The van der Waals surface area contributed by atoms with Crippen molar-refractivity contribution in [2.45, 2.75) is 12.8 Å². The predicted molar refractivity (Wildman–Crippen MR) is 40.6 cm³/mol. The van der Waals surface area contributed by atoms with Crippen LogP contribution in [0.1, 0.15) is 12.8 Å². The van der Waals surface area contributed by atoms with Gasteiger partial charge in [0.1, 0.15) is 11.7 Å². The van der Waals surface area contributed by atoms with Crippen LogP contribution >= 0.6 is 12.6 Å². The molecule has 0 spiro atoms. The highest BCUT2D eigenvalue weighted by molar-refractivity contribution is 7.97. The van der Waals surface area contributed by atoms with Crippen LogP contribution in [0.4, 0.5) is 8.78 Å². The molecular weight excluding hydrogens is 170 g/mol. The van der Waals surface area contributed by atoms with Crippen molar-refractivity contribution in [3.63, 3.8) is 0 Å². The number of carbonyl (C=O) groups excluding carboxylic acids is 1. The van der Waals surface area contributed by atoms with Crippen LogP contribution in [0.5, 0.6) is 0 Å². The molecule has 1 nitrogen and oxygen atoms in total. The molecule has 0 bridgehead atoms. The average Bonchev–Trinajstić information content (AvgIpc) is 1.85. The maximum atomic E-state index is 12.7. The Bertz CT molecular complexity index is 255. The quantitative estimate of drug-likeness (QED) is 0.607. The molecule has 0 saturated carbocycles. The summed E-state index contributed by atoms with van der Waals surface area (Å²) >= 11 is 3.34. The number of rotatable bonds is 1. The molecule has 11 heavy (non-hydrogen) atoms. The fraction of sp³-hybridized carbons (Fsp3) is 0.286. The maximum absolute atomic E-state index is 12.7. The summed E-state index contributed by atoms with van der Waals surface area (Å²) in [5.41, 5.74) is -0.514. The molecule has 0 aromatic carbocycles. The molecule has 0 saturated heterocycles. The Kier molecular flexibility index (Phi) is 2.44. The molecule has 0 amide bonds. The second kappa shape index (κ2) is 3.17. The third kappa shape index (κ3) is 1.68. The highest BCUT2D eigenvalue weighted by Crippen LogP contribution is 2.28. The van der Waals surface area contributed by atoms with E-state index in [0.717, 1.165) is 0 Å². The Morgan fingerprint density at radius 3 is 2.55 bits per heavy atom. The Labute approximate surface area is 68.2 Å². The summed E-state index contributed by atoms with van der Waals surface area (Å²) in [6.45, 7) is 0. The van der Waals surface area contributed by atoms with E-state index in [-0.39, 0.29) is 6.42 Å². The second-order valence-electron chi connectivity index (χ2n) is 2.18. The lowest BCUT2D eigenvalue weighted by Crippen LogP contribution is -2.01. The minimum absolute atomic E-state index is 0.0923. The molecule has 1 rings (SSSR count). The zero-order valence-corrected chi connectivity index (χ0v) is 6.50. The van der Waals surface area contributed by atoms with Gasteiger partial charge in [-0.25, -0.2) is 8.78 Å². The fourth-order valence-electron chi connectivity index (χ4n) is 0.900. The summed E-state index contributed by atoms with van der Waals surface area (Å²) in [6, 6.07) is 0. The van der Waals surface area contributed by atoms with Crippen molar-refractivity contribution >= 4 is 17.7 Å². The SMILES string of the molecule is O=C(S)C1=C(F)CCC=C1F. The zero-order chi connectivity index (χ0) is 8.43. The van der Waals surface area contributed by atoms with Crippen LogP contribution in [-0.2, 0) is 4.79 Å². The van der Waals surface area contributed by atoms with Gasteiger partial charge in [0.2, 0.25) is 5.12 Å². The van der Waals surface area contributed by atoms with Crippen molar-refractivity contribution < 1.29 is 13.6 Å². The lowest BCUT2D eigenvalue weighted by Gasteiger charge is -2.07. The van der Waals surface area contributed by atoms with Crippen molar-refractivity contribution in [2.75, 3.05) is 0 Å². The molecule has 0 radical (unpaired) electrons. The van der Waals surface area contributed by atoms with Crippen LogP contribution in [0.2, 0.25) is 0 Å². The highest BCUT2D eigenvalue weighted by Gasteiger charge is 2.20. The minimum atomic E-state index is -0.851. The lowest BCUT2D eigenvalue weighted by atomic mass is 10.1. The van der Waals surface area contributed by atoms with Crippen LogP contribution in [-0.4, -0.2) is 5.12 Å². The van der Waals surface area contributed by atoms with Gasteiger partial charge in [-0.1, -0.05) is 0 Å². The van der Waals surface area contributed by atoms with Gasteiger partial charge in [0.15, 0.2) is 0 Å². The van der Waals surface area contributed by atoms with E-state index in [1.807, 2.05) is 0 Å². The van der Waals surface area contributed by atoms with Gasteiger partial charge in [-0.3, -0.25) is 4.79 Å². The minimum Gasteiger partial charge on any atom is -0.282 e. The Balaban J connectivity index is 3.04. The van der Waals surface area contributed by atoms with E-state index in [1.165, 1.54) is 6.08 Å². The molecule has 60 valence electrons. The van der Waals surface area contributed by atoms with Gasteiger partial charge in [-0.05, 0) is 12.5 Å². The molecule has 0 unspecified atom stereocenters. The van der Waals surface area contributed by atoms with Crippen molar-refractivity contribution in [1.29, 1.82) is 0 Å². The predicted octanol–water partition coefficient (Wildman–Crippen LogP) is 2.31. The normalized spacial score (nSPS) is 18.3. The van der Waals surface area contributed by atoms with Gasteiger partial charge in [0.05, 0.1) is 5.57 Å². The van der Waals surface area contributed by atoms with Gasteiger partial charge < -0.3 is 0 Å². The summed E-state index contributed by atoms with van der Waals surface area (Å²) in [5.74, 6) is -1.50. The number of hydrogen-bond acceptors (Lipinski definition) is 1. The molecule has 0 fully saturated rings. The first kappa shape index (κ1) is 8.46. The van der Waals surface area contributed by atoms with Crippen LogP contribution in [0.25, 0.3) is 0 Å². The van der Waals surface area contributed by atoms with Crippen molar-refractivity contribution in [3.8, 4) is 0 Å². The third-order valence-corrected chi connectivity index (χ3v) is 1.63. The number of carbonyl (C=O) groups is 1. The number of halogens is 2. The number of hydrogen-bond donors (Lipinski definition) is 1. The molecule has 0 aromatic heterocycles. The molecule has 0 atom stereocenters. The summed E-state index contributed by atoms with van der Waals surface area (Å²) < 4.78 is 25.3. The van der Waals surface area contributed by atoms with E-state index < -0.39 is 22.3 Å². The van der Waals surface area contributed by atoms with Crippen LogP contribution < -0.4 is 0 Å². The molecule has 0 heterocycles. The standard InChI is InChI=1S/C7H6F2OS/c8-4-2-1-3-5(9)6(4)7(10)11/h2H,1,3H2,(H,10,11). The van der Waals surface area contributed by atoms with Gasteiger partial charge >= 0.3 is 0 Å². The Morgan fingerprint density at radius 2 is 2.18 bits per heavy atom. The van der Waals surface area contributed by atoms with Gasteiger partial charge in [-0.2, -0.15) is 0 Å². The maximum Gasteiger partial charge on any atom is 0.221 e. The lowest BCUT2D eigenvalue weighted by molar-refractivity contribution is -0.107. The van der Waals surface area contributed by atoms with Gasteiger partial charge in [0.25, 0.3) is 0 Å². The Morgan fingerprint density at radius 1 is 1.55 bits per heavy atom. The average molecular weight is 176 g/mol. The first-order valence-corrected chi connectivity index (χ1v) is 3.55. The Hall–Kier alpha value is -0.640. The van der Waals surface area contributed by atoms with Crippen LogP contribution in [0, 0.1) is 0 Å². The molecule has 4 heteroatoms. The van der Waals surface area contributed by atoms with E-state index in [2.05, 4.69) is 12.6 Å². The van der Waals surface area contributed by atoms with Crippen LogP contribution in [0.3, 0.4) is 0 Å². The first-order valence-electron chi connectivity index (χ1n) is 3.11. The van der Waals surface area contributed by atoms with E-state index in [1.54, 1.807) is 0 Å². The highest BCUT2D eigenvalue weighted by atomic mass is 32.1. The number of thiol groups is 1. The summed E-state index contributed by atoms with van der Waals surface area (Å²) in [6.07, 6.45) is 1.59. The van der Waals surface area contributed by atoms with Gasteiger partial charge in [-0.15, -0.1) is 12.6 Å².